The van der Waals surface area contributed by atoms with E-state index in [2.05, 4.69) is 47.1 Å². The van der Waals surface area contributed by atoms with Crippen LogP contribution in [0.4, 0.5) is 0 Å². The zero-order valence-electron chi connectivity index (χ0n) is 15.0. The second-order valence-electron chi connectivity index (χ2n) is 7.26. The van der Waals surface area contributed by atoms with Crippen LogP contribution in [0.3, 0.4) is 0 Å². The molecule has 2 N–H and O–H groups in total. The molecule has 1 rings (SSSR count). The molecule has 0 saturated carbocycles. The Bertz CT molecular complexity index is 429. The van der Waals surface area contributed by atoms with Crippen LogP contribution in [0.15, 0.2) is 6.08 Å². The average Bonchev–Trinajstić information content (AvgIpc) is 2.87. The van der Waals surface area contributed by atoms with Gasteiger partial charge in [-0.3, -0.25) is 15.7 Å². The smallest absolute Gasteiger partial charge is 0.233 e. The summed E-state index contributed by atoms with van der Waals surface area (Å²) in [5.74, 6) is 0.940. The zero-order valence-corrected chi connectivity index (χ0v) is 18.2. The molecule has 1 aliphatic rings. The third kappa shape index (κ3) is 7.43. The molecule has 1 aliphatic heterocycles. The Labute approximate surface area is 170 Å². The standard InChI is InChI=1S/C18H30IN2O2.Co/c1-6-13(10-14-7-8-20-17(14)22)15(9-11(2)3)21-18(23)16(19)12(4)5;/h1,6,11-16H,7-10H2,2-5H3,(H,20,22)(H,21,23);/q-1;/t13-,14+,15+,16+;/m1./s1. The van der Waals surface area contributed by atoms with E-state index in [1.54, 1.807) is 6.08 Å². The molecule has 1 fully saturated rings. The summed E-state index contributed by atoms with van der Waals surface area (Å²) in [6.45, 7) is 15.0. The molecule has 2 amide bonds. The number of nitrogens with one attached hydrogen (secondary N) is 2. The van der Waals surface area contributed by atoms with Crippen LogP contribution in [-0.4, -0.2) is 28.3 Å². The number of carbonyl (C=O) groups is 2. The van der Waals surface area contributed by atoms with Crippen LogP contribution >= 0.6 is 22.6 Å². The van der Waals surface area contributed by atoms with Crippen molar-refractivity contribution in [3.05, 3.63) is 12.7 Å². The van der Waals surface area contributed by atoms with Crippen molar-refractivity contribution in [1.29, 1.82) is 0 Å². The van der Waals surface area contributed by atoms with Crippen LogP contribution < -0.4 is 10.6 Å². The minimum Gasteiger partial charge on any atom is -0.518 e. The van der Waals surface area contributed by atoms with E-state index in [4.69, 9.17) is 6.58 Å². The fourth-order valence-corrected chi connectivity index (χ4v) is 3.17. The zero-order chi connectivity index (χ0) is 17.6. The van der Waals surface area contributed by atoms with Gasteiger partial charge in [0.15, 0.2) is 0 Å². The van der Waals surface area contributed by atoms with E-state index in [-0.39, 0.29) is 56.3 Å². The Balaban J connectivity index is 0.00000529. The van der Waals surface area contributed by atoms with Gasteiger partial charge < -0.3 is 17.2 Å². The molecule has 1 heterocycles. The Morgan fingerprint density at radius 2 is 2.04 bits per heavy atom. The molecule has 0 aromatic heterocycles. The number of halogens is 1. The monoisotopic (exact) mass is 492 g/mol. The van der Waals surface area contributed by atoms with Gasteiger partial charge in [-0.25, -0.2) is 0 Å². The summed E-state index contributed by atoms with van der Waals surface area (Å²) in [6.07, 6.45) is 4.08. The van der Waals surface area contributed by atoms with E-state index in [0.717, 1.165) is 19.4 Å². The SMILES string of the molecule is [CH-]=C[C@H](C[C@@H]1CCNC1=O)[C@H](CC(C)C)NC(=O)[C@@H](I)C(C)C.[Co]. The van der Waals surface area contributed by atoms with Gasteiger partial charge in [0.05, 0.1) is 3.92 Å². The summed E-state index contributed by atoms with van der Waals surface area (Å²) < 4.78 is -0.0598. The molecule has 0 spiro atoms. The number of hydrogen-bond acceptors (Lipinski definition) is 2. The second kappa shape index (κ2) is 11.5. The quantitative estimate of drug-likeness (QED) is 0.296. The Morgan fingerprint density at radius 1 is 1.42 bits per heavy atom. The van der Waals surface area contributed by atoms with Crippen molar-refractivity contribution in [3.8, 4) is 0 Å². The molecule has 0 aromatic carbocycles. The molecule has 4 nitrogen and oxygen atoms in total. The Morgan fingerprint density at radius 3 is 2.46 bits per heavy atom. The fourth-order valence-electron chi connectivity index (χ4n) is 2.99. The summed E-state index contributed by atoms with van der Waals surface area (Å²) in [5.41, 5.74) is 0. The number of carbonyl (C=O) groups excluding carboxylic acids is 2. The molecule has 6 heteroatoms. The minimum atomic E-state index is -0.0598. The first-order valence-corrected chi connectivity index (χ1v) is 9.78. The van der Waals surface area contributed by atoms with Crippen molar-refractivity contribution in [2.75, 3.05) is 6.54 Å². The van der Waals surface area contributed by atoms with Crippen molar-refractivity contribution < 1.29 is 26.4 Å². The molecule has 24 heavy (non-hydrogen) atoms. The average molecular weight is 492 g/mol. The van der Waals surface area contributed by atoms with Gasteiger partial charge in [-0.15, -0.1) is 0 Å². The largest absolute Gasteiger partial charge is 0.518 e. The number of amides is 2. The van der Waals surface area contributed by atoms with Crippen LogP contribution in [0.1, 0.15) is 47.0 Å². The summed E-state index contributed by atoms with van der Waals surface area (Å²) in [4.78, 5) is 24.3. The first kappa shape index (κ1) is 23.9. The van der Waals surface area contributed by atoms with Crippen molar-refractivity contribution in [3.63, 3.8) is 0 Å². The third-order valence-corrected chi connectivity index (χ3v) is 6.38. The van der Waals surface area contributed by atoms with E-state index >= 15 is 0 Å². The normalized spacial score (nSPS) is 21.0. The minimum absolute atomic E-state index is 0. The van der Waals surface area contributed by atoms with E-state index < -0.39 is 0 Å². The fraction of sp³-hybridized carbons (Fsp3) is 0.778. The summed E-state index contributed by atoms with van der Waals surface area (Å²) >= 11 is 2.20. The van der Waals surface area contributed by atoms with Crippen molar-refractivity contribution in [1.82, 2.24) is 10.6 Å². The van der Waals surface area contributed by atoms with Crippen molar-refractivity contribution >= 4 is 34.4 Å². The summed E-state index contributed by atoms with van der Waals surface area (Å²) in [6, 6.07) is -0.0167. The maximum atomic E-state index is 12.4. The number of rotatable bonds is 9. The van der Waals surface area contributed by atoms with E-state index in [0.29, 0.717) is 12.3 Å². The van der Waals surface area contributed by atoms with Crippen LogP contribution in [0.25, 0.3) is 0 Å². The molecule has 4 atom stereocenters. The van der Waals surface area contributed by atoms with Gasteiger partial charge in [0, 0.05) is 35.3 Å². The van der Waals surface area contributed by atoms with E-state index in [9.17, 15) is 9.59 Å². The predicted octanol–water partition coefficient (Wildman–Crippen LogP) is 3.11. The molecular weight excluding hydrogens is 462 g/mol. The van der Waals surface area contributed by atoms with Gasteiger partial charge in [-0.05, 0) is 37.0 Å². The van der Waals surface area contributed by atoms with Crippen molar-refractivity contribution in [2.45, 2.75) is 56.9 Å². The molecule has 0 unspecified atom stereocenters. The molecule has 1 saturated heterocycles. The maximum Gasteiger partial charge on any atom is 0.233 e. The number of alkyl halides is 1. The van der Waals surface area contributed by atoms with Crippen LogP contribution in [0.2, 0.25) is 0 Å². The molecule has 0 bridgehead atoms. The van der Waals surface area contributed by atoms with Gasteiger partial charge in [0.25, 0.3) is 0 Å². The van der Waals surface area contributed by atoms with Gasteiger partial charge in [0.2, 0.25) is 11.8 Å². The third-order valence-electron chi connectivity index (χ3n) is 4.37. The molecule has 0 aromatic rings. The predicted molar refractivity (Wildman–Crippen MR) is 102 cm³/mol. The van der Waals surface area contributed by atoms with Crippen LogP contribution in [0.5, 0.6) is 0 Å². The van der Waals surface area contributed by atoms with Crippen LogP contribution in [-0.2, 0) is 26.4 Å². The molecule has 1 radical (unpaired) electrons. The van der Waals surface area contributed by atoms with Crippen LogP contribution in [0, 0.1) is 30.3 Å². The first-order chi connectivity index (χ1) is 10.8. The maximum absolute atomic E-state index is 12.4. The summed E-state index contributed by atoms with van der Waals surface area (Å²) in [7, 11) is 0. The molecule has 0 aliphatic carbocycles. The Kier molecular flexibility index (Phi) is 11.5. The second-order valence-corrected chi connectivity index (χ2v) is 8.60. The van der Waals surface area contributed by atoms with E-state index in [1.165, 1.54) is 0 Å². The molecular formula is C18H30CoIN2O2-. The number of hydrogen-bond donors (Lipinski definition) is 2. The Hall–Kier alpha value is -0.0835. The van der Waals surface area contributed by atoms with Crippen molar-refractivity contribution in [2.24, 2.45) is 23.7 Å². The van der Waals surface area contributed by atoms with Gasteiger partial charge in [-0.2, -0.15) is 0 Å². The molecule has 141 valence electrons. The van der Waals surface area contributed by atoms with E-state index in [1.807, 2.05) is 13.8 Å². The first-order valence-electron chi connectivity index (χ1n) is 8.53. The van der Waals surface area contributed by atoms with Gasteiger partial charge >= 0.3 is 0 Å². The summed E-state index contributed by atoms with van der Waals surface area (Å²) in [5, 5.41) is 6.05. The van der Waals surface area contributed by atoms with Gasteiger partial charge in [-0.1, -0.05) is 50.3 Å². The topological polar surface area (TPSA) is 58.2 Å². The van der Waals surface area contributed by atoms with Gasteiger partial charge in [0.1, 0.15) is 0 Å².